The first-order chi connectivity index (χ1) is 9.01. The fourth-order valence-electron chi connectivity index (χ4n) is 2.42. The standard InChI is InChI=1S/C14H24N4S/c1-6-14(7-2)9-19-13(16-14)15-8-12-10(3)17-18(5)11(12)4/h6-9H2,1-5H3,(H,15,16). The Morgan fingerprint density at radius 2 is 2.05 bits per heavy atom. The molecule has 1 aromatic heterocycles. The summed E-state index contributed by atoms with van der Waals surface area (Å²) in [6, 6.07) is 0. The highest BCUT2D eigenvalue weighted by Crippen LogP contribution is 2.29. The minimum absolute atomic E-state index is 0.253. The second-order valence-electron chi connectivity index (χ2n) is 5.30. The van der Waals surface area contributed by atoms with Gasteiger partial charge in [0, 0.05) is 29.6 Å². The number of amidine groups is 1. The van der Waals surface area contributed by atoms with Crippen LogP contribution in [-0.2, 0) is 13.6 Å². The lowest BCUT2D eigenvalue weighted by atomic mass is 9.96. The van der Waals surface area contributed by atoms with Gasteiger partial charge in [0.1, 0.15) is 0 Å². The maximum Gasteiger partial charge on any atom is 0.157 e. The predicted molar refractivity (Wildman–Crippen MR) is 82.7 cm³/mol. The Kier molecular flexibility index (Phi) is 4.23. The van der Waals surface area contributed by atoms with Crippen molar-refractivity contribution in [2.24, 2.45) is 12.0 Å². The van der Waals surface area contributed by atoms with Gasteiger partial charge in [0.05, 0.1) is 12.2 Å². The summed E-state index contributed by atoms with van der Waals surface area (Å²) in [6.45, 7) is 9.38. The maximum absolute atomic E-state index is 4.73. The fraction of sp³-hybridized carbons (Fsp3) is 0.714. The van der Waals surface area contributed by atoms with E-state index < -0.39 is 0 Å². The Labute approximate surface area is 120 Å². The molecule has 1 fully saturated rings. The van der Waals surface area contributed by atoms with Crippen LogP contribution in [0.3, 0.4) is 0 Å². The molecule has 0 amide bonds. The zero-order valence-corrected chi connectivity index (χ0v) is 13.4. The number of thioether (sulfide) groups is 1. The van der Waals surface area contributed by atoms with Gasteiger partial charge in [-0.1, -0.05) is 25.6 Å². The number of hydrogen-bond donors (Lipinski definition) is 1. The van der Waals surface area contributed by atoms with E-state index in [1.807, 2.05) is 23.5 Å². The van der Waals surface area contributed by atoms with E-state index >= 15 is 0 Å². The molecule has 0 radical (unpaired) electrons. The Morgan fingerprint density at radius 3 is 2.53 bits per heavy atom. The quantitative estimate of drug-likeness (QED) is 0.922. The van der Waals surface area contributed by atoms with Gasteiger partial charge in [-0.25, -0.2) is 0 Å². The number of hydrogen-bond acceptors (Lipinski definition) is 3. The van der Waals surface area contributed by atoms with Crippen LogP contribution < -0.4 is 5.32 Å². The van der Waals surface area contributed by atoms with Gasteiger partial charge in [-0.3, -0.25) is 9.67 Å². The molecule has 2 rings (SSSR count). The molecule has 0 aromatic carbocycles. The highest BCUT2D eigenvalue weighted by Gasteiger charge is 2.33. The zero-order chi connectivity index (χ0) is 14.0. The Balaban J connectivity index is 2.08. The van der Waals surface area contributed by atoms with Crippen molar-refractivity contribution in [3.8, 4) is 0 Å². The van der Waals surface area contributed by atoms with Crippen LogP contribution in [0.4, 0.5) is 0 Å². The van der Waals surface area contributed by atoms with Crippen LogP contribution in [-0.4, -0.2) is 26.2 Å². The molecule has 106 valence electrons. The van der Waals surface area contributed by atoms with Crippen LogP contribution in [0.15, 0.2) is 4.99 Å². The van der Waals surface area contributed by atoms with Crippen molar-refractivity contribution in [2.75, 3.05) is 5.75 Å². The largest absolute Gasteiger partial charge is 0.359 e. The molecule has 0 bridgehead atoms. The van der Waals surface area contributed by atoms with Crippen molar-refractivity contribution < 1.29 is 0 Å². The topological polar surface area (TPSA) is 42.2 Å². The van der Waals surface area contributed by atoms with Gasteiger partial charge < -0.3 is 5.32 Å². The SMILES string of the molecule is CCC1(CC)CSC(=NCc2c(C)nn(C)c2C)N1. The van der Waals surface area contributed by atoms with Crippen molar-refractivity contribution in [2.45, 2.75) is 52.6 Å². The molecule has 4 nitrogen and oxygen atoms in total. The highest BCUT2D eigenvalue weighted by molar-refractivity contribution is 8.14. The summed E-state index contributed by atoms with van der Waals surface area (Å²) >= 11 is 1.85. The summed E-state index contributed by atoms with van der Waals surface area (Å²) in [5, 5.41) is 9.13. The molecule has 5 heteroatoms. The van der Waals surface area contributed by atoms with Crippen molar-refractivity contribution in [3.63, 3.8) is 0 Å². The molecular weight excluding hydrogens is 256 g/mol. The average Bonchev–Trinajstić information content (AvgIpc) is 2.92. The van der Waals surface area contributed by atoms with E-state index in [0.717, 1.165) is 36.0 Å². The van der Waals surface area contributed by atoms with Gasteiger partial charge in [0.2, 0.25) is 0 Å². The molecule has 2 heterocycles. The van der Waals surface area contributed by atoms with E-state index in [1.54, 1.807) is 0 Å². The lowest BCUT2D eigenvalue weighted by Crippen LogP contribution is -2.42. The van der Waals surface area contributed by atoms with E-state index in [-0.39, 0.29) is 5.54 Å². The van der Waals surface area contributed by atoms with Gasteiger partial charge in [-0.2, -0.15) is 5.10 Å². The van der Waals surface area contributed by atoms with Crippen molar-refractivity contribution in [3.05, 3.63) is 17.0 Å². The first-order valence-electron chi connectivity index (χ1n) is 6.96. The number of rotatable bonds is 4. The van der Waals surface area contributed by atoms with Crippen LogP contribution in [0.5, 0.6) is 0 Å². The predicted octanol–water partition coefficient (Wildman–Crippen LogP) is 2.79. The van der Waals surface area contributed by atoms with Crippen molar-refractivity contribution >= 4 is 16.9 Å². The third-order valence-electron chi connectivity index (χ3n) is 4.25. The van der Waals surface area contributed by atoms with Gasteiger partial charge in [0.15, 0.2) is 5.17 Å². The Bertz CT molecular complexity index is 486. The van der Waals surface area contributed by atoms with E-state index in [2.05, 4.69) is 38.1 Å². The summed E-state index contributed by atoms with van der Waals surface area (Å²) in [5.41, 5.74) is 3.80. The van der Waals surface area contributed by atoms with Gasteiger partial charge in [-0.15, -0.1) is 0 Å². The van der Waals surface area contributed by atoms with E-state index in [0.29, 0.717) is 0 Å². The van der Waals surface area contributed by atoms with Gasteiger partial charge in [0.25, 0.3) is 0 Å². The van der Waals surface area contributed by atoms with Gasteiger partial charge >= 0.3 is 0 Å². The van der Waals surface area contributed by atoms with Crippen LogP contribution >= 0.6 is 11.8 Å². The molecule has 1 aliphatic rings. The molecule has 0 saturated carbocycles. The summed E-state index contributed by atoms with van der Waals surface area (Å²) < 4.78 is 1.93. The monoisotopic (exact) mass is 280 g/mol. The van der Waals surface area contributed by atoms with E-state index in [4.69, 9.17) is 4.99 Å². The fourth-order valence-corrected chi connectivity index (χ4v) is 3.76. The highest BCUT2D eigenvalue weighted by atomic mass is 32.2. The first kappa shape index (κ1) is 14.4. The lowest BCUT2D eigenvalue weighted by molar-refractivity contribution is 0.407. The summed E-state index contributed by atoms with van der Waals surface area (Å²) in [5.74, 6) is 1.13. The van der Waals surface area contributed by atoms with E-state index in [9.17, 15) is 0 Å². The van der Waals surface area contributed by atoms with Crippen LogP contribution in [0.25, 0.3) is 0 Å². The number of aromatic nitrogens is 2. The molecule has 0 aliphatic carbocycles. The second kappa shape index (κ2) is 5.57. The van der Waals surface area contributed by atoms with Crippen LogP contribution in [0, 0.1) is 13.8 Å². The number of nitrogens with zero attached hydrogens (tertiary/aromatic N) is 3. The zero-order valence-electron chi connectivity index (χ0n) is 12.6. The average molecular weight is 280 g/mol. The smallest absolute Gasteiger partial charge is 0.157 e. The summed E-state index contributed by atoms with van der Waals surface area (Å²) in [7, 11) is 1.99. The van der Waals surface area contributed by atoms with Crippen molar-refractivity contribution in [1.29, 1.82) is 0 Å². The lowest BCUT2D eigenvalue weighted by Gasteiger charge is -2.25. The molecular formula is C14H24N4S. The van der Waals surface area contributed by atoms with Gasteiger partial charge in [-0.05, 0) is 26.7 Å². The Morgan fingerprint density at radius 1 is 1.37 bits per heavy atom. The molecule has 1 N–H and O–H groups in total. The van der Waals surface area contributed by atoms with Crippen LogP contribution in [0.1, 0.15) is 43.6 Å². The number of aryl methyl sites for hydroxylation is 2. The molecule has 1 saturated heterocycles. The summed E-state index contributed by atoms with van der Waals surface area (Å²) in [4.78, 5) is 4.73. The molecule has 0 atom stereocenters. The molecule has 1 aromatic rings. The number of aliphatic imine (C=N–C) groups is 1. The molecule has 0 unspecified atom stereocenters. The molecule has 0 spiro atoms. The molecule has 1 aliphatic heterocycles. The third kappa shape index (κ3) is 2.81. The van der Waals surface area contributed by atoms with E-state index in [1.165, 1.54) is 11.3 Å². The minimum Gasteiger partial charge on any atom is -0.359 e. The maximum atomic E-state index is 4.73. The molecule has 19 heavy (non-hydrogen) atoms. The second-order valence-corrected chi connectivity index (χ2v) is 6.26. The first-order valence-corrected chi connectivity index (χ1v) is 7.94. The minimum atomic E-state index is 0.253. The normalized spacial score (nSPS) is 19.9. The number of nitrogens with one attached hydrogen (secondary N) is 1. The Hall–Kier alpha value is -0.970. The third-order valence-corrected chi connectivity index (χ3v) is 5.45. The van der Waals surface area contributed by atoms with Crippen molar-refractivity contribution in [1.82, 2.24) is 15.1 Å². The van der Waals surface area contributed by atoms with Crippen LogP contribution in [0.2, 0.25) is 0 Å². The summed E-state index contributed by atoms with van der Waals surface area (Å²) in [6.07, 6.45) is 2.31.